The highest BCUT2D eigenvalue weighted by molar-refractivity contribution is 5.30. The van der Waals surface area contributed by atoms with Gasteiger partial charge in [-0.25, -0.2) is 0 Å². The summed E-state index contributed by atoms with van der Waals surface area (Å²) >= 11 is 0. The predicted octanol–water partition coefficient (Wildman–Crippen LogP) is 4.33. The smallest absolute Gasteiger partial charge is 0.0652 e. The predicted molar refractivity (Wildman–Crippen MR) is 92.5 cm³/mol. The molecule has 2 nitrogen and oxygen atoms in total. The van der Waals surface area contributed by atoms with Crippen LogP contribution in [-0.2, 0) is 0 Å². The standard InChI is InChI=1S/C20H26N2/c1-15(2)20-21(3)18(16-11-7-5-8-12-16)19(22(20)4)17-13-9-6-10-14-17/h5-15,18-20H,1-4H3/t18-,19+,20?. The van der Waals surface area contributed by atoms with Crippen molar-refractivity contribution in [2.24, 2.45) is 5.92 Å². The Labute approximate surface area is 134 Å². The lowest BCUT2D eigenvalue weighted by molar-refractivity contribution is 0.114. The van der Waals surface area contributed by atoms with Crippen molar-refractivity contribution >= 4 is 0 Å². The highest BCUT2D eigenvalue weighted by Crippen LogP contribution is 2.46. The van der Waals surface area contributed by atoms with Crippen LogP contribution in [0.1, 0.15) is 37.1 Å². The van der Waals surface area contributed by atoms with E-state index in [1.54, 1.807) is 0 Å². The van der Waals surface area contributed by atoms with Crippen molar-refractivity contribution in [3.8, 4) is 0 Å². The van der Waals surface area contributed by atoms with Gasteiger partial charge in [0.2, 0.25) is 0 Å². The first-order valence-corrected chi connectivity index (χ1v) is 8.15. The SMILES string of the molecule is CC(C)C1N(C)[C@H](c2ccccc2)[C@H](c2ccccc2)N1C. The summed E-state index contributed by atoms with van der Waals surface area (Å²) in [5.74, 6) is 0.593. The Morgan fingerprint density at radius 2 is 1.05 bits per heavy atom. The molecule has 0 aliphatic carbocycles. The molecule has 2 heteroatoms. The van der Waals surface area contributed by atoms with E-state index in [4.69, 9.17) is 0 Å². The third kappa shape index (κ3) is 2.57. The Bertz CT molecular complexity index is 542. The molecule has 1 aliphatic heterocycles. The van der Waals surface area contributed by atoms with Crippen LogP contribution in [0.3, 0.4) is 0 Å². The Morgan fingerprint density at radius 3 is 1.36 bits per heavy atom. The molecule has 0 amide bonds. The number of rotatable bonds is 3. The van der Waals surface area contributed by atoms with Gasteiger partial charge in [0.05, 0.1) is 18.2 Å². The van der Waals surface area contributed by atoms with Crippen LogP contribution in [0.2, 0.25) is 0 Å². The highest BCUT2D eigenvalue weighted by Gasteiger charge is 2.45. The lowest BCUT2D eigenvalue weighted by atomic mass is 9.93. The first-order chi connectivity index (χ1) is 10.6. The second-order valence-electron chi connectivity index (χ2n) is 6.70. The van der Waals surface area contributed by atoms with E-state index in [0.29, 0.717) is 24.2 Å². The van der Waals surface area contributed by atoms with Crippen LogP contribution in [0.5, 0.6) is 0 Å². The zero-order valence-corrected chi connectivity index (χ0v) is 14.0. The number of hydrogen-bond donors (Lipinski definition) is 0. The van der Waals surface area contributed by atoms with Crippen LogP contribution in [0.4, 0.5) is 0 Å². The molecule has 1 fully saturated rings. The summed E-state index contributed by atoms with van der Waals surface area (Å²) in [5.41, 5.74) is 2.79. The van der Waals surface area contributed by atoms with Crippen molar-refractivity contribution in [3.05, 3.63) is 71.8 Å². The molecule has 0 spiro atoms. The Morgan fingerprint density at radius 1 is 0.682 bits per heavy atom. The average molecular weight is 294 g/mol. The van der Waals surface area contributed by atoms with Gasteiger partial charge in [0, 0.05) is 0 Å². The van der Waals surface area contributed by atoms with Gasteiger partial charge in [-0.1, -0.05) is 74.5 Å². The van der Waals surface area contributed by atoms with E-state index in [-0.39, 0.29) is 0 Å². The minimum atomic E-state index is 0.390. The van der Waals surface area contributed by atoms with Gasteiger partial charge in [0.1, 0.15) is 0 Å². The van der Waals surface area contributed by atoms with Crippen LogP contribution < -0.4 is 0 Å². The molecule has 1 heterocycles. The lowest BCUT2D eigenvalue weighted by Gasteiger charge is -2.30. The van der Waals surface area contributed by atoms with E-state index >= 15 is 0 Å². The molecule has 3 rings (SSSR count). The molecule has 1 saturated heterocycles. The third-order valence-corrected chi connectivity index (χ3v) is 4.89. The Kier molecular flexibility index (Phi) is 4.32. The molecule has 22 heavy (non-hydrogen) atoms. The zero-order chi connectivity index (χ0) is 15.7. The second-order valence-corrected chi connectivity index (χ2v) is 6.70. The van der Waals surface area contributed by atoms with Crippen molar-refractivity contribution in [1.29, 1.82) is 0 Å². The molecular formula is C20H26N2. The van der Waals surface area contributed by atoms with Crippen molar-refractivity contribution in [2.45, 2.75) is 32.1 Å². The molecule has 0 aromatic heterocycles. The van der Waals surface area contributed by atoms with E-state index in [1.807, 2.05) is 0 Å². The molecule has 0 radical (unpaired) electrons. The molecule has 1 aliphatic rings. The highest BCUT2D eigenvalue weighted by atomic mass is 15.4. The van der Waals surface area contributed by atoms with Gasteiger partial charge >= 0.3 is 0 Å². The van der Waals surface area contributed by atoms with E-state index in [0.717, 1.165) is 0 Å². The zero-order valence-electron chi connectivity index (χ0n) is 14.0. The van der Waals surface area contributed by atoms with Gasteiger partial charge in [0.15, 0.2) is 0 Å². The Hall–Kier alpha value is -1.64. The van der Waals surface area contributed by atoms with Gasteiger partial charge in [-0.3, -0.25) is 9.80 Å². The number of nitrogens with zero attached hydrogens (tertiary/aromatic N) is 2. The quantitative estimate of drug-likeness (QED) is 0.831. The van der Waals surface area contributed by atoms with E-state index in [2.05, 4.69) is 98.4 Å². The van der Waals surface area contributed by atoms with Gasteiger partial charge in [-0.15, -0.1) is 0 Å². The van der Waals surface area contributed by atoms with Gasteiger partial charge in [-0.2, -0.15) is 0 Å². The van der Waals surface area contributed by atoms with Gasteiger partial charge in [-0.05, 0) is 31.1 Å². The maximum absolute atomic E-state index is 2.54. The fraction of sp³-hybridized carbons (Fsp3) is 0.400. The number of benzene rings is 2. The van der Waals surface area contributed by atoms with Crippen LogP contribution >= 0.6 is 0 Å². The molecule has 0 bridgehead atoms. The maximum Gasteiger partial charge on any atom is 0.0652 e. The van der Waals surface area contributed by atoms with Crippen LogP contribution in [0.15, 0.2) is 60.7 Å². The van der Waals surface area contributed by atoms with Gasteiger partial charge in [0.25, 0.3) is 0 Å². The third-order valence-electron chi connectivity index (χ3n) is 4.89. The molecule has 2 aromatic carbocycles. The topological polar surface area (TPSA) is 6.48 Å². The monoisotopic (exact) mass is 294 g/mol. The minimum absolute atomic E-state index is 0.390. The first-order valence-electron chi connectivity index (χ1n) is 8.15. The molecule has 1 unspecified atom stereocenters. The van der Waals surface area contributed by atoms with E-state index in [9.17, 15) is 0 Å². The number of hydrogen-bond acceptors (Lipinski definition) is 2. The van der Waals surface area contributed by atoms with Crippen LogP contribution in [0.25, 0.3) is 0 Å². The summed E-state index contributed by atoms with van der Waals surface area (Å²) in [5, 5.41) is 0. The Balaban J connectivity index is 2.07. The fourth-order valence-electron chi connectivity index (χ4n) is 4.14. The summed E-state index contributed by atoms with van der Waals surface area (Å²) < 4.78 is 0. The summed E-state index contributed by atoms with van der Waals surface area (Å²) in [6, 6.07) is 22.6. The second kappa shape index (κ2) is 6.23. The van der Waals surface area contributed by atoms with Crippen molar-refractivity contribution in [2.75, 3.05) is 14.1 Å². The van der Waals surface area contributed by atoms with Crippen molar-refractivity contribution in [1.82, 2.24) is 9.80 Å². The normalized spacial score (nSPS) is 26.7. The summed E-state index contributed by atoms with van der Waals surface area (Å²) in [6.07, 6.45) is 0.454. The average Bonchev–Trinajstić information content (AvgIpc) is 2.80. The molecule has 0 saturated carbocycles. The van der Waals surface area contributed by atoms with Crippen LogP contribution in [-0.4, -0.2) is 30.1 Å². The van der Waals surface area contributed by atoms with E-state index < -0.39 is 0 Å². The summed E-state index contributed by atoms with van der Waals surface area (Å²) in [6.45, 7) is 4.63. The summed E-state index contributed by atoms with van der Waals surface area (Å²) in [4.78, 5) is 5.08. The number of likely N-dealkylation sites (N-methyl/N-ethyl adjacent to an activating group) is 2. The molecule has 0 N–H and O–H groups in total. The molecule has 3 atom stereocenters. The largest absolute Gasteiger partial charge is 0.282 e. The summed E-state index contributed by atoms with van der Waals surface area (Å²) in [7, 11) is 4.53. The van der Waals surface area contributed by atoms with Crippen molar-refractivity contribution in [3.63, 3.8) is 0 Å². The minimum Gasteiger partial charge on any atom is -0.282 e. The molecule has 116 valence electrons. The molecular weight excluding hydrogens is 268 g/mol. The van der Waals surface area contributed by atoms with Crippen LogP contribution in [0, 0.1) is 5.92 Å². The van der Waals surface area contributed by atoms with Crippen molar-refractivity contribution < 1.29 is 0 Å². The van der Waals surface area contributed by atoms with Gasteiger partial charge < -0.3 is 0 Å². The first kappa shape index (κ1) is 15.3. The maximum atomic E-state index is 2.54. The van der Waals surface area contributed by atoms with E-state index in [1.165, 1.54) is 11.1 Å². The molecule has 2 aromatic rings. The fourth-order valence-corrected chi connectivity index (χ4v) is 4.14. The lowest BCUT2D eigenvalue weighted by Crippen LogP contribution is -2.39.